The molecule has 0 bridgehead atoms. The number of carbonyl (C=O) groups excluding carboxylic acids is 14. The van der Waals surface area contributed by atoms with Crippen LogP contribution in [0, 0.1) is 5.92 Å². The average molecular weight is 1470 g/mol. The highest BCUT2D eigenvalue weighted by molar-refractivity contribution is 5.95. The van der Waals surface area contributed by atoms with E-state index in [0.29, 0.717) is 37.7 Å². The number of hydrogen-bond acceptors (Lipinski definition) is 22. The number of esters is 5. The van der Waals surface area contributed by atoms with Gasteiger partial charge in [-0.05, 0) is 110 Å². The maximum Gasteiger partial charge on any atom is 0.408 e. The molecule has 104 heavy (non-hydrogen) atoms. The summed E-state index contributed by atoms with van der Waals surface area (Å²) < 4.78 is 43.2. The Morgan fingerprint density at radius 1 is 0.394 bits per heavy atom. The van der Waals surface area contributed by atoms with E-state index >= 15 is 0 Å². The van der Waals surface area contributed by atoms with Crippen molar-refractivity contribution in [1.82, 2.24) is 47.9 Å². The molecule has 0 aliphatic rings. The SMILES string of the molecule is CCCCOC(=O)CCC(NC(=O)CCC(NC(=O)COCCOCCNC(=O)CCC(NC(=O)CNC(=O)C(CC(C)C)NC(=O)C(Cc1ccccc1)NC(=O)CNC(=O)OC(C)(C)C)C(=O)OC(C)(C)C)C(=O)NC(CCC(=O)OCc1ccccc1)C(=O)OCCCC)C(=O)OCCCC. The predicted molar refractivity (Wildman–Crippen MR) is 380 cm³/mol. The van der Waals surface area contributed by atoms with Gasteiger partial charge in [0.25, 0.3) is 0 Å². The number of unbranched alkanes of at least 4 members (excludes halogenated alkanes) is 3. The van der Waals surface area contributed by atoms with Crippen LogP contribution >= 0.6 is 0 Å². The molecule has 31 heteroatoms. The van der Waals surface area contributed by atoms with Gasteiger partial charge in [0.15, 0.2) is 0 Å². The van der Waals surface area contributed by atoms with Gasteiger partial charge in [-0.2, -0.15) is 0 Å². The van der Waals surface area contributed by atoms with Gasteiger partial charge in [-0.1, -0.05) is 115 Å². The third-order valence-corrected chi connectivity index (χ3v) is 14.6. The highest BCUT2D eigenvalue weighted by atomic mass is 16.6. The Morgan fingerprint density at radius 3 is 1.41 bits per heavy atom. The number of benzene rings is 2. The van der Waals surface area contributed by atoms with Crippen LogP contribution in [0.5, 0.6) is 0 Å². The molecule has 9 N–H and O–H groups in total. The normalized spacial score (nSPS) is 12.9. The molecule has 0 aliphatic carbocycles. The fraction of sp³-hybridized carbons (Fsp3) is 0.644. The van der Waals surface area contributed by atoms with Crippen molar-refractivity contribution in [3.8, 4) is 0 Å². The minimum Gasteiger partial charge on any atom is -0.466 e. The zero-order valence-electron chi connectivity index (χ0n) is 62.4. The summed E-state index contributed by atoms with van der Waals surface area (Å²) in [5, 5.41) is 23.0. The van der Waals surface area contributed by atoms with E-state index in [1.54, 1.807) is 102 Å². The van der Waals surface area contributed by atoms with Crippen LogP contribution in [-0.2, 0) is 113 Å². The van der Waals surface area contributed by atoms with Crippen LogP contribution in [0.2, 0.25) is 0 Å². The van der Waals surface area contributed by atoms with E-state index in [0.717, 1.165) is 12.0 Å². The van der Waals surface area contributed by atoms with E-state index in [9.17, 15) is 67.1 Å². The van der Waals surface area contributed by atoms with Crippen molar-refractivity contribution in [1.29, 1.82) is 0 Å². The molecule has 6 atom stereocenters. The van der Waals surface area contributed by atoms with Crippen molar-refractivity contribution < 1.29 is 105 Å². The van der Waals surface area contributed by atoms with Gasteiger partial charge in [0, 0.05) is 38.6 Å². The lowest BCUT2D eigenvalue weighted by Crippen LogP contribution is -2.56. The first-order valence-electron chi connectivity index (χ1n) is 35.7. The molecule has 2 aromatic carbocycles. The van der Waals surface area contributed by atoms with Crippen LogP contribution in [0.1, 0.15) is 184 Å². The van der Waals surface area contributed by atoms with Crippen molar-refractivity contribution in [2.24, 2.45) is 5.92 Å². The van der Waals surface area contributed by atoms with E-state index in [-0.39, 0.29) is 116 Å². The van der Waals surface area contributed by atoms with Gasteiger partial charge >= 0.3 is 35.9 Å². The Morgan fingerprint density at radius 2 is 0.846 bits per heavy atom. The Hall–Kier alpha value is -9.26. The van der Waals surface area contributed by atoms with E-state index in [1.807, 2.05) is 34.6 Å². The lowest BCUT2D eigenvalue weighted by Gasteiger charge is -2.25. The topological polar surface area (TPSA) is 421 Å². The van der Waals surface area contributed by atoms with Gasteiger partial charge in [-0.3, -0.25) is 47.9 Å². The molecular formula is C73H113N9O22. The Labute approximate surface area is 610 Å². The van der Waals surface area contributed by atoms with Crippen molar-refractivity contribution in [3.05, 3.63) is 71.8 Å². The summed E-state index contributed by atoms with van der Waals surface area (Å²) in [6.07, 6.45) is 0.890. The Bertz CT molecular complexity index is 3010. The molecule has 2 rings (SSSR count). The minimum atomic E-state index is -1.50. The molecule has 31 nitrogen and oxygen atoms in total. The van der Waals surface area contributed by atoms with Crippen molar-refractivity contribution in [2.45, 2.75) is 233 Å². The van der Waals surface area contributed by atoms with Crippen LogP contribution in [0.15, 0.2) is 60.7 Å². The Kier molecular flexibility index (Phi) is 44.5. The maximum atomic E-state index is 14.1. The third-order valence-electron chi connectivity index (χ3n) is 14.6. The van der Waals surface area contributed by atoms with Crippen LogP contribution in [-0.4, -0.2) is 197 Å². The second-order valence-corrected chi connectivity index (χ2v) is 27.0. The summed E-state index contributed by atoms with van der Waals surface area (Å²) >= 11 is 0. The quantitative estimate of drug-likeness (QED) is 0.0254. The largest absolute Gasteiger partial charge is 0.466 e. The second-order valence-electron chi connectivity index (χ2n) is 27.0. The number of carbonyl (C=O) groups is 14. The second kappa shape index (κ2) is 51.0. The molecule has 2 aromatic rings. The van der Waals surface area contributed by atoms with Crippen LogP contribution < -0.4 is 47.9 Å². The van der Waals surface area contributed by atoms with Crippen LogP contribution in [0.3, 0.4) is 0 Å². The van der Waals surface area contributed by atoms with Gasteiger partial charge in [-0.15, -0.1) is 0 Å². The van der Waals surface area contributed by atoms with Crippen molar-refractivity contribution >= 4 is 83.2 Å². The number of alkyl carbamates (subject to hydrolysis) is 1. The fourth-order valence-electron chi connectivity index (χ4n) is 9.30. The number of nitrogens with one attached hydrogen (secondary N) is 9. The van der Waals surface area contributed by atoms with Gasteiger partial charge in [0.2, 0.25) is 47.3 Å². The van der Waals surface area contributed by atoms with E-state index in [2.05, 4.69) is 47.9 Å². The van der Waals surface area contributed by atoms with E-state index in [4.69, 9.17) is 37.9 Å². The van der Waals surface area contributed by atoms with E-state index in [1.165, 1.54) is 0 Å². The molecule has 0 aliphatic heterocycles. The Balaban J connectivity index is 2.10. The summed E-state index contributed by atoms with van der Waals surface area (Å²) in [5.74, 6) is -9.92. The van der Waals surface area contributed by atoms with Gasteiger partial charge in [-0.25, -0.2) is 19.2 Å². The number of ether oxygens (including phenoxy) is 8. The molecule has 9 amide bonds. The minimum absolute atomic E-state index is 0.0163. The summed E-state index contributed by atoms with van der Waals surface area (Å²) in [5.41, 5.74) is -0.420. The number of hydrogen-bond donors (Lipinski definition) is 9. The summed E-state index contributed by atoms with van der Waals surface area (Å²) in [7, 11) is 0. The molecular weight excluding hydrogens is 1350 g/mol. The van der Waals surface area contributed by atoms with E-state index < -0.39 is 157 Å². The summed E-state index contributed by atoms with van der Waals surface area (Å²) in [6.45, 7) is 17.3. The monoisotopic (exact) mass is 1470 g/mol. The number of amides is 9. The van der Waals surface area contributed by atoms with Crippen LogP contribution in [0.4, 0.5) is 4.79 Å². The summed E-state index contributed by atoms with van der Waals surface area (Å²) in [4.78, 5) is 186. The zero-order valence-corrected chi connectivity index (χ0v) is 62.4. The lowest BCUT2D eigenvalue weighted by molar-refractivity contribution is -0.159. The first-order chi connectivity index (χ1) is 49.3. The standard InChI is InChI=1S/C73H113N9O22/c1-12-15-37-99-63(88)34-30-53(68(93)100-38-16-13-2)78-59(84)33-28-52(66(91)81-54(69(94)101-39-17-14-3)31-35-64(89)102-47-51-26-22-19-23-27-51)77-62(87)48-98-42-41-97-40-36-74-58(83)32-29-55(70(95)103-72(6,7)8)79-60(85)45-75-65(90)56(43-49(4)5)82-67(92)57(44-50-24-20-18-21-25-50)80-61(86)46-76-71(96)104-73(9,10)11/h18-27,49,52-57H,12-17,28-48H2,1-11H3,(H,74,83)(H,75,90)(H,76,96)(H,77,87)(H,78,84)(H,79,85)(H,80,86)(H,81,91)(H,82,92). The first-order valence-corrected chi connectivity index (χ1v) is 35.7. The fourth-order valence-corrected chi connectivity index (χ4v) is 9.30. The predicted octanol–water partition coefficient (Wildman–Crippen LogP) is 4.21. The molecule has 0 aromatic heterocycles. The third kappa shape index (κ3) is 43.6. The molecule has 0 spiro atoms. The molecule has 0 radical (unpaired) electrons. The number of rotatable bonds is 51. The highest BCUT2D eigenvalue weighted by Gasteiger charge is 2.33. The average Bonchev–Trinajstić information content (AvgIpc) is 0.883. The maximum absolute atomic E-state index is 14.1. The van der Waals surface area contributed by atoms with Crippen molar-refractivity contribution in [2.75, 3.05) is 65.9 Å². The van der Waals surface area contributed by atoms with Crippen molar-refractivity contribution in [3.63, 3.8) is 0 Å². The molecule has 0 heterocycles. The molecule has 0 saturated carbocycles. The van der Waals surface area contributed by atoms with Gasteiger partial charge in [0.05, 0.1) is 46.2 Å². The zero-order chi connectivity index (χ0) is 77.5. The smallest absolute Gasteiger partial charge is 0.408 e. The van der Waals surface area contributed by atoms with Gasteiger partial charge < -0.3 is 85.7 Å². The highest BCUT2D eigenvalue weighted by Crippen LogP contribution is 2.15. The first kappa shape index (κ1) is 90.8. The van der Waals surface area contributed by atoms with Crippen LogP contribution in [0.25, 0.3) is 0 Å². The summed E-state index contributed by atoms with van der Waals surface area (Å²) in [6, 6.07) is 9.75. The lowest BCUT2D eigenvalue weighted by atomic mass is 10.0. The molecule has 582 valence electrons. The molecule has 0 saturated heterocycles. The molecule has 6 unspecified atom stereocenters. The molecule has 0 fully saturated rings. The van der Waals surface area contributed by atoms with Gasteiger partial charge in [0.1, 0.15) is 67.2 Å².